The van der Waals surface area contributed by atoms with E-state index in [0.29, 0.717) is 17.0 Å². The molecule has 0 saturated heterocycles. The zero-order chi connectivity index (χ0) is 17.7. The van der Waals surface area contributed by atoms with E-state index in [9.17, 15) is 13.2 Å². The number of sulfonamides is 1. The molecule has 6 nitrogen and oxygen atoms in total. The van der Waals surface area contributed by atoms with Crippen LogP contribution in [0.4, 0.5) is 0 Å². The van der Waals surface area contributed by atoms with Crippen LogP contribution in [0, 0.1) is 5.92 Å². The molecular weight excluding hydrogens is 398 g/mol. The molecule has 1 aromatic carbocycles. The van der Waals surface area contributed by atoms with E-state index in [1.807, 2.05) is 0 Å². The molecule has 0 aromatic heterocycles. The molecule has 1 aromatic rings. The molecule has 0 radical (unpaired) electrons. The minimum absolute atomic E-state index is 0.0281. The predicted molar refractivity (Wildman–Crippen MR) is 93.0 cm³/mol. The van der Waals surface area contributed by atoms with Crippen LogP contribution in [-0.2, 0) is 19.6 Å². The summed E-state index contributed by atoms with van der Waals surface area (Å²) in [5.41, 5.74) is 0.191. The lowest BCUT2D eigenvalue weighted by atomic mass is 9.90. The van der Waals surface area contributed by atoms with E-state index >= 15 is 0 Å². The number of carbonyl (C=O) groups is 1. The van der Waals surface area contributed by atoms with Crippen molar-refractivity contribution < 1.29 is 22.8 Å². The fourth-order valence-corrected chi connectivity index (χ4v) is 4.10. The van der Waals surface area contributed by atoms with E-state index in [-0.39, 0.29) is 10.5 Å². The van der Waals surface area contributed by atoms with Gasteiger partial charge in [0.15, 0.2) is 0 Å². The Bertz CT molecular complexity index is 686. The first-order chi connectivity index (χ1) is 11.4. The van der Waals surface area contributed by atoms with Gasteiger partial charge in [0.25, 0.3) is 10.0 Å². The Labute approximate surface area is 151 Å². The summed E-state index contributed by atoms with van der Waals surface area (Å²) in [6.45, 7) is 0.375. The second-order valence-electron chi connectivity index (χ2n) is 5.84. The summed E-state index contributed by atoms with van der Waals surface area (Å²) in [5.74, 6) is -0.127. The molecule has 0 heterocycles. The minimum atomic E-state index is -3.81. The summed E-state index contributed by atoms with van der Waals surface area (Å²) < 4.78 is 31.2. The first-order valence-corrected chi connectivity index (χ1v) is 10.1. The molecule has 0 spiro atoms. The number of benzene rings is 1. The van der Waals surface area contributed by atoms with Gasteiger partial charge in [0.05, 0.1) is 24.2 Å². The quantitative estimate of drug-likeness (QED) is 0.521. The fraction of sp³-hybridized carbons (Fsp3) is 0.562. The smallest absolute Gasteiger partial charge is 0.339 e. The average Bonchev–Trinajstić information content (AvgIpc) is 2.60. The zero-order valence-corrected chi connectivity index (χ0v) is 16.2. The molecule has 0 aliphatic heterocycles. The predicted octanol–water partition coefficient (Wildman–Crippen LogP) is 3.37. The lowest BCUT2D eigenvalue weighted by Crippen LogP contribution is -2.26. The standard InChI is InChI=1S/C16H22BrNO5S/c1-18(22-2)24(20,21)13-8-9-15(17)14(10-13)16(19)23-11-12-6-4-3-5-7-12/h8-10,12H,3-7,11H2,1-2H3. The topological polar surface area (TPSA) is 72.9 Å². The summed E-state index contributed by atoms with van der Waals surface area (Å²) in [5, 5.41) is 0. The van der Waals surface area contributed by atoms with E-state index in [1.165, 1.54) is 51.6 Å². The van der Waals surface area contributed by atoms with Gasteiger partial charge in [-0.2, -0.15) is 0 Å². The molecule has 2 rings (SSSR count). The average molecular weight is 420 g/mol. The molecule has 134 valence electrons. The summed E-state index contributed by atoms with van der Waals surface area (Å²) in [6, 6.07) is 4.23. The van der Waals surface area contributed by atoms with Crippen LogP contribution in [0.2, 0.25) is 0 Å². The van der Waals surface area contributed by atoms with Gasteiger partial charge in [-0.25, -0.2) is 13.2 Å². The lowest BCUT2D eigenvalue weighted by Gasteiger charge is -2.21. The van der Waals surface area contributed by atoms with Gasteiger partial charge in [-0.05, 0) is 52.9 Å². The van der Waals surface area contributed by atoms with Crippen LogP contribution in [0.15, 0.2) is 27.6 Å². The van der Waals surface area contributed by atoms with Crippen LogP contribution in [0.3, 0.4) is 0 Å². The third-order valence-electron chi connectivity index (χ3n) is 4.23. The van der Waals surface area contributed by atoms with E-state index < -0.39 is 16.0 Å². The van der Waals surface area contributed by atoms with E-state index in [2.05, 4.69) is 15.9 Å². The van der Waals surface area contributed by atoms with Gasteiger partial charge in [-0.15, -0.1) is 0 Å². The number of nitrogens with zero attached hydrogens (tertiary/aromatic N) is 1. The second kappa shape index (κ2) is 8.42. The van der Waals surface area contributed by atoms with Gasteiger partial charge in [0.1, 0.15) is 0 Å². The zero-order valence-electron chi connectivity index (χ0n) is 13.8. The molecular formula is C16H22BrNO5S. The van der Waals surface area contributed by atoms with Crippen molar-refractivity contribution in [2.75, 3.05) is 20.8 Å². The molecule has 1 saturated carbocycles. The maximum absolute atomic E-state index is 12.3. The van der Waals surface area contributed by atoms with E-state index in [0.717, 1.165) is 17.3 Å². The molecule has 24 heavy (non-hydrogen) atoms. The van der Waals surface area contributed by atoms with Gasteiger partial charge in [-0.3, -0.25) is 4.84 Å². The van der Waals surface area contributed by atoms with Crippen molar-refractivity contribution in [1.29, 1.82) is 0 Å². The maximum Gasteiger partial charge on any atom is 0.339 e. The van der Waals surface area contributed by atoms with Crippen molar-refractivity contribution in [3.8, 4) is 0 Å². The summed E-state index contributed by atoms with van der Waals surface area (Å²) in [6.07, 6.45) is 5.72. The first kappa shape index (κ1) is 19.4. The van der Waals surface area contributed by atoms with Crippen LogP contribution in [-0.4, -0.2) is 39.6 Å². The van der Waals surface area contributed by atoms with Crippen LogP contribution in [0.25, 0.3) is 0 Å². The molecule has 1 aliphatic rings. The highest BCUT2D eigenvalue weighted by Crippen LogP contribution is 2.26. The SMILES string of the molecule is CON(C)S(=O)(=O)c1ccc(Br)c(C(=O)OCC2CCCCC2)c1. The summed E-state index contributed by atoms with van der Waals surface area (Å²) in [4.78, 5) is 17.1. The van der Waals surface area contributed by atoms with Gasteiger partial charge >= 0.3 is 5.97 Å². The molecule has 0 atom stereocenters. The largest absolute Gasteiger partial charge is 0.462 e. The van der Waals surface area contributed by atoms with Crippen LogP contribution < -0.4 is 0 Å². The Morgan fingerprint density at radius 2 is 1.96 bits per heavy atom. The summed E-state index contributed by atoms with van der Waals surface area (Å²) in [7, 11) is -1.26. The normalized spacial score (nSPS) is 16.3. The molecule has 1 fully saturated rings. The van der Waals surface area contributed by atoms with Gasteiger partial charge in [0.2, 0.25) is 0 Å². The van der Waals surface area contributed by atoms with E-state index in [4.69, 9.17) is 9.57 Å². The Morgan fingerprint density at radius 1 is 1.29 bits per heavy atom. The van der Waals surface area contributed by atoms with Crippen molar-refractivity contribution in [2.24, 2.45) is 5.92 Å². The number of carbonyl (C=O) groups excluding carboxylic acids is 1. The van der Waals surface area contributed by atoms with E-state index in [1.54, 1.807) is 0 Å². The van der Waals surface area contributed by atoms with Gasteiger partial charge in [-0.1, -0.05) is 23.7 Å². The third-order valence-corrected chi connectivity index (χ3v) is 6.59. The molecule has 0 bridgehead atoms. The number of hydrogen-bond donors (Lipinski definition) is 0. The number of hydrogen-bond acceptors (Lipinski definition) is 5. The second-order valence-corrected chi connectivity index (χ2v) is 8.63. The molecule has 0 amide bonds. The first-order valence-electron chi connectivity index (χ1n) is 7.86. The number of halogens is 1. The Balaban J connectivity index is 2.14. The Morgan fingerprint density at radius 3 is 2.58 bits per heavy atom. The number of rotatable bonds is 6. The highest BCUT2D eigenvalue weighted by molar-refractivity contribution is 9.10. The van der Waals surface area contributed by atoms with Gasteiger partial charge in [0, 0.05) is 11.5 Å². The lowest BCUT2D eigenvalue weighted by molar-refractivity contribution is -0.0258. The van der Waals surface area contributed by atoms with Crippen molar-refractivity contribution >= 4 is 31.9 Å². The number of esters is 1. The highest BCUT2D eigenvalue weighted by atomic mass is 79.9. The number of hydroxylamine groups is 1. The monoisotopic (exact) mass is 419 g/mol. The van der Waals surface area contributed by atoms with Crippen molar-refractivity contribution in [3.63, 3.8) is 0 Å². The Hall–Kier alpha value is -0.960. The van der Waals surface area contributed by atoms with Crippen LogP contribution in [0.1, 0.15) is 42.5 Å². The fourth-order valence-electron chi connectivity index (χ4n) is 2.69. The molecule has 8 heteroatoms. The van der Waals surface area contributed by atoms with Crippen LogP contribution in [0.5, 0.6) is 0 Å². The highest BCUT2D eigenvalue weighted by Gasteiger charge is 2.24. The van der Waals surface area contributed by atoms with Crippen molar-refractivity contribution in [1.82, 2.24) is 4.47 Å². The molecule has 1 aliphatic carbocycles. The minimum Gasteiger partial charge on any atom is -0.462 e. The maximum atomic E-state index is 12.3. The Kier molecular flexibility index (Phi) is 6.79. The van der Waals surface area contributed by atoms with Gasteiger partial charge < -0.3 is 4.74 Å². The van der Waals surface area contributed by atoms with Crippen LogP contribution >= 0.6 is 15.9 Å². The van der Waals surface area contributed by atoms with Crippen molar-refractivity contribution in [3.05, 3.63) is 28.2 Å². The summed E-state index contributed by atoms with van der Waals surface area (Å²) >= 11 is 3.28. The van der Waals surface area contributed by atoms with Crippen molar-refractivity contribution in [2.45, 2.75) is 37.0 Å². The third kappa shape index (κ3) is 4.56. The molecule has 0 N–H and O–H groups in total. The molecule has 0 unspecified atom stereocenters. The number of ether oxygens (including phenoxy) is 1.